The topological polar surface area (TPSA) is 79.6 Å². The first kappa shape index (κ1) is 16.8. The van der Waals surface area contributed by atoms with Gasteiger partial charge in [-0.25, -0.2) is 9.48 Å². The van der Waals surface area contributed by atoms with Crippen LogP contribution in [-0.2, 0) is 4.74 Å². The number of ether oxygens (including phenoxy) is 1. The maximum absolute atomic E-state index is 12.5. The zero-order valence-electron chi connectivity index (χ0n) is 13.6. The van der Waals surface area contributed by atoms with Gasteiger partial charge in [0.25, 0.3) is 0 Å². The van der Waals surface area contributed by atoms with Gasteiger partial charge in [-0.2, -0.15) is 5.10 Å². The Morgan fingerprint density at radius 2 is 2.27 bits per heavy atom. The van der Waals surface area contributed by atoms with Gasteiger partial charge in [-0.05, 0) is 19.8 Å². The van der Waals surface area contributed by atoms with Crippen LogP contribution >= 0.6 is 0 Å². The van der Waals surface area contributed by atoms with E-state index in [1.165, 1.54) is 0 Å². The van der Waals surface area contributed by atoms with Gasteiger partial charge in [-0.1, -0.05) is 13.8 Å². The van der Waals surface area contributed by atoms with Crippen molar-refractivity contribution in [1.82, 2.24) is 14.7 Å². The number of urea groups is 1. The summed E-state index contributed by atoms with van der Waals surface area (Å²) in [4.78, 5) is 14.1. The van der Waals surface area contributed by atoms with E-state index in [2.05, 4.69) is 24.3 Å². The molecule has 0 bridgehead atoms. The highest BCUT2D eigenvalue weighted by molar-refractivity contribution is 5.88. The summed E-state index contributed by atoms with van der Waals surface area (Å²) < 4.78 is 7.20. The van der Waals surface area contributed by atoms with Crippen molar-refractivity contribution in [3.8, 4) is 0 Å². The molecule has 1 aromatic heterocycles. The number of nitrogens with one attached hydrogen (secondary N) is 1. The molecule has 0 aromatic carbocycles. The van der Waals surface area contributed by atoms with E-state index in [4.69, 9.17) is 4.74 Å². The first-order valence-corrected chi connectivity index (χ1v) is 7.93. The Kier molecular flexibility index (Phi) is 5.79. The summed E-state index contributed by atoms with van der Waals surface area (Å²) in [5.74, 6) is 0.708. The molecule has 124 valence electrons. The SMILES string of the molecule is CCC(CC)n1nc(C)cc1NC(=O)N1CCOCC1CO. The fourth-order valence-electron chi connectivity index (χ4n) is 2.78. The number of carbonyl (C=O) groups is 1. The summed E-state index contributed by atoms with van der Waals surface area (Å²) in [5.41, 5.74) is 0.878. The lowest BCUT2D eigenvalue weighted by Crippen LogP contribution is -2.52. The van der Waals surface area contributed by atoms with Gasteiger partial charge >= 0.3 is 6.03 Å². The van der Waals surface area contributed by atoms with Crippen LogP contribution in [0, 0.1) is 6.92 Å². The van der Waals surface area contributed by atoms with Crippen LogP contribution in [0.15, 0.2) is 6.07 Å². The van der Waals surface area contributed by atoms with Crippen molar-refractivity contribution in [3.63, 3.8) is 0 Å². The van der Waals surface area contributed by atoms with Crippen molar-refractivity contribution in [2.24, 2.45) is 0 Å². The quantitative estimate of drug-likeness (QED) is 0.869. The molecule has 1 aromatic rings. The van der Waals surface area contributed by atoms with E-state index < -0.39 is 0 Å². The molecule has 1 atom stereocenters. The highest BCUT2D eigenvalue weighted by Crippen LogP contribution is 2.22. The van der Waals surface area contributed by atoms with Gasteiger partial charge in [0.05, 0.1) is 37.6 Å². The second-order valence-electron chi connectivity index (χ2n) is 5.62. The monoisotopic (exact) mass is 310 g/mol. The van der Waals surface area contributed by atoms with Crippen molar-refractivity contribution in [3.05, 3.63) is 11.8 Å². The number of aromatic nitrogens is 2. The Hall–Kier alpha value is -1.60. The molecule has 2 rings (SSSR count). The third-order valence-corrected chi connectivity index (χ3v) is 4.08. The van der Waals surface area contributed by atoms with Crippen LogP contribution in [0.4, 0.5) is 10.6 Å². The first-order valence-electron chi connectivity index (χ1n) is 7.93. The van der Waals surface area contributed by atoms with Gasteiger partial charge in [0.15, 0.2) is 0 Å². The summed E-state index contributed by atoms with van der Waals surface area (Å²) in [6.07, 6.45) is 1.91. The first-order chi connectivity index (χ1) is 10.6. The van der Waals surface area contributed by atoms with Crippen molar-refractivity contribution >= 4 is 11.8 Å². The van der Waals surface area contributed by atoms with E-state index in [0.29, 0.717) is 25.6 Å². The Balaban J connectivity index is 2.14. The number of carbonyl (C=O) groups excluding carboxylic acids is 1. The summed E-state index contributed by atoms with van der Waals surface area (Å²) in [5, 5.41) is 16.8. The molecule has 0 aliphatic carbocycles. The van der Waals surface area contributed by atoms with Crippen LogP contribution in [-0.4, -0.2) is 58.2 Å². The molecule has 7 nitrogen and oxygen atoms in total. The van der Waals surface area contributed by atoms with Gasteiger partial charge in [0.1, 0.15) is 5.82 Å². The Labute approximate surface area is 131 Å². The average Bonchev–Trinajstić information content (AvgIpc) is 2.89. The van der Waals surface area contributed by atoms with E-state index >= 15 is 0 Å². The smallest absolute Gasteiger partial charge is 0.323 e. The fourth-order valence-corrected chi connectivity index (χ4v) is 2.78. The molecule has 1 fully saturated rings. The Morgan fingerprint density at radius 1 is 1.55 bits per heavy atom. The lowest BCUT2D eigenvalue weighted by atomic mass is 10.2. The predicted octanol–water partition coefficient (Wildman–Crippen LogP) is 1.78. The molecule has 1 aliphatic rings. The van der Waals surface area contributed by atoms with Crippen LogP contribution in [0.3, 0.4) is 0 Å². The highest BCUT2D eigenvalue weighted by Gasteiger charge is 2.27. The van der Waals surface area contributed by atoms with Crippen molar-refractivity contribution in [1.29, 1.82) is 0 Å². The molecule has 7 heteroatoms. The second kappa shape index (κ2) is 7.60. The second-order valence-corrected chi connectivity index (χ2v) is 5.62. The number of aliphatic hydroxyl groups is 1. The Bertz CT molecular complexity index is 499. The summed E-state index contributed by atoms with van der Waals surface area (Å²) >= 11 is 0. The number of amides is 2. The number of anilines is 1. The standard InChI is InChI=1S/C15H26N4O3/c1-4-12(5-2)19-14(8-11(3)17-19)16-15(21)18-6-7-22-10-13(18)9-20/h8,12-13,20H,4-7,9-10H2,1-3H3,(H,16,21). The molecule has 1 aliphatic heterocycles. The van der Waals surface area contributed by atoms with Gasteiger partial charge < -0.3 is 14.7 Å². The maximum atomic E-state index is 12.5. The number of rotatable bonds is 5. The average molecular weight is 310 g/mol. The molecule has 0 spiro atoms. The Morgan fingerprint density at radius 3 is 2.91 bits per heavy atom. The minimum absolute atomic E-state index is 0.0990. The molecule has 0 saturated carbocycles. The highest BCUT2D eigenvalue weighted by atomic mass is 16.5. The maximum Gasteiger partial charge on any atom is 0.323 e. The predicted molar refractivity (Wildman–Crippen MR) is 84.0 cm³/mol. The van der Waals surface area contributed by atoms with E-state index in [0.717, 1.165) is 18.5 Å². The van der Waals surface area contributed by atoms with Gasteiger partial charge in [-0.3, -0.25) is 5.32 Å². The van der Waals surface area contributed by atoms with E-state index in [9.17, 15) is 9.90 Å². The van der Waals surface area contributed by atoms with Crippen molar-refractivity contribution in [2.45, 2.75) is 45.7 Å². The normalized spacial score (nSPS) is 18.8. The number of nitrogens with zero attached hydrogens (tertiary/aromatic N) is 3. The van der Waals surface area contributed by atoms with Crippen molar-refractivity contribution in [2.75, 3.05) is 31.7 Å². The lowest BCUT2D eigenvalue weighted by Gasteiger charge is -2.34. The minimum Gasteiger partial charge on any atom is -0.394 e. The van der Waals surface area contributed by atoms with Crippen LogP contribution in [0.1, 0.15) is 38.4 Å². The largest absolute Gasteiger partial charge is 0.394 e. The number of aliphatic hydroxyl groups excluding tert-OH is 1. The van der Waals surface area contributed by atoms with Crippen LogP contribution in [0.25, 0.3) is 0 Å². The molecule has 2 heterocycles. The third kappa shape index (κ3) is 3.59. The summed E-state index contributed by atoms with van der Waals surface area (Å²) in [7, 11) is 0. The molecule has 22 heavy (non-hydrogen) atoms. The zero-order chi connectivity index (χ0) is 16.1. The van der Waals surface area contributed by atoms with Crippen molar-refractivity contribution < 1.29 is 14.6 Å². The molecular formula is C15H26N4O3. The number of hydrogen-bond acceptors (Lipinski definition) is 4. The van der Waals surface area contributed by atoms with Gasteiger partial charge in [-0.15, -0.1) is 0 Å². The summed E-state index contributed by atoms with van der Waals surface area (Å²) in [6.45, 7) is 7.39. The van der Waals surface area contributed by atoms with Crippen LogP contribution in [0.5, 0.6) is 0 Å². The molecule has 2 N–H and O–H groups in total. The number of hydrogen-bond donors (Lipinski definition) is 2. The van der Waals surface area contributed by atoms with Crippen LogP contribution < -0.4 is 5.32 Å². The summed E-state index contributed by atoms with van der Waals surface area (Å²) in [6, 6.07) is 1.64. The van der Waals surface area contributed by atoms with Gasteiger partial charge in [0, 0.05) is 12.6 Å². The van der Waals surface area contributed by atoms with E-state index in [1.807, 2.05) is 17.7 Å². The number of morpholine rings is 1. The van der Waals surface area contributed by atoms with Gasteiger partial charge in [0.2, 0.25) is 0 Å². The lowest BCUT2D eigenvalue weighted by molar-refractivity contribution is -0.00488. The molecule has 1 saturated heterocycles. The van der Waals surface area contributed by atoms with E-state index in [-0.39, 0.29) is 24.7 Å². The molecule has 2 amide bonds. The molecule has 0 radical (unpaired) electrons. The molecule has 1 unspecified atom stereocenters. The van der Waals surface area contributed by atoms with E-state index in [1.54, 1.807) is 4.90 Å². The molecular weight excluding hydrogens is 284 g/mol. The zero-order valence-corrected chi connectivity index (χ0v) is 13.6. The number of aryl methyl sites for hydroxylation is 1. The fraction of sp³-hybridized carbons (Fsp3) is 0.733. The minimum atomic E-state index is -0.292. The van der Waals surface area contributed by atoms with Crippen LogP contribution in [0.2, 0.25) is 0 Å². The third-order valence-electron chi connectivity index (χ3n) is 4.08.